The summed E-state index contributed by atoms with van der Waals surface area (Å²) in [6.07, 6.45) is 6.67. The number of pyridine rings is 1. The number of anilines is 1. The summed E-state index contributed by atoms with van der Waals surface area (Å²) < 4.78 is 12.3. The van der Waals surface area contributed by atoms with E-state index in [1.807, 2.05) is 111 Å². The monoisotopic (exact) mass is 801 g/mol. The van der Waals surface area contributed by atoms with Crippen molar-refractivity contribution in [2.24, 2.45) is 14.1 Å². The normalized spacial score (nSPS) is 14.2. The average Bonchev–Trinajstić information content (AvgIpc) is 3.80. The number of amides is 2. The fraction of sp³-hybridized carbons (Fsp3) is 0.289. The first-order valence-corrected chi connectivity index (χ1v) is 19.9. The van der Waals surface area contributed by atoms with Gasteiger partial charge in [-0.05, 0) is 118 Å². The van der Waals surface area contributed by atoms with Crippen molar-refractivity contribution < 1.29 is 14.3 Å². The van der Waals surface area contributed by atoms with Crippen molar-refractivity contribution in [2.75, 3.05) is 18.1 Å². The van der Waals surface area contributed by atoms with Gasteiger partial charge < -0.3 is 24.1 Å². The topological polar surface area (TPSA) is 99.2 Å². The Bertz CT molecular complexity index is 2710. The highest BCUT2D eigenvalue weighted by Crippen LogP contribution is 2.45. The molecule has 1 aliphatic rings. The Balaban J connectivity index is 1.21. The maximum atomic E-state index is 15.2. The highest BCUT2D eigenvalue weighted by molar-refractivity contribution is 6.35. The van der Waals surface area contributed by atoms with E-state index in [9.17, 15) is 4.79 Å². The van der Waals surface area contributed by atoms with Crippen LogP contribution in [-0.4, -0.2) is 48.9 Å². The van der Waals surface area contributed by atoms with Gasteiger partial charge in [-0.15, -0.1) is 0 Å². The van der Waals surface area contributed by atoms with Crippen molar-refractivity contribution >= 4 is 62.5 Å². The molecule has 292 valence electrons. The SMILES string of the molecule is Cc1cc(OCCCc2c3n(c4c(-c5c(C)nn(C)c5C)c(Cl)ccc24)[C@H](C)CN(c2cn(C)c4ccc(C(=O)NCc5ccncc5)cc24)C3=O)cc(C)c1Cl. The maximum absolute atomic E-state index is 15.2. The van der Waals surface area contributed by atoms with Gasteiger partial charge in [-0.25, -0.2) is 0 Å². The number of hydrogen-bond donors (Lipinski definition) is 1. The van der Waals surface area contributed by atoms with Gasteiger partial charge in [0.1, 0.15) is 11.4 Å². The van der Waals surface area contributed by atoms with Crippen LogP contribution in [0.15, 0.2) is 73.2 Å². The summed E-state index contributed by atoms with van der Waals surface area (Å²) in [5.74, 6) is 0.471. The number of carbonyl (C=O) groups is 2. The van der Waals surface area contributed by atoms with Crippen molar-refractivity contribution in [3.63, 3.8) is 0 Å². The number of aromatic nitrogens is 5. The molecule has 8 rings (SSSR count). The Hall–Kier alpha value is -5.58. The molecule has 0 fully saturated rings. The third-order valence-corrected chi connectivity index (χ3v) is 12.2. The molecule has 2 amide bonds. The molecule has 5 heterocycles. The number of ether oxygens (including phenoxy) is 1. The molecule has 0 radical (unpaired) electrons. The lowest BCUT2D eigenvalue weighted by Crippen LogP contribution is -2.42. The van der Waals surface area contributed by atoms with Crippen molar-refractivity contribution in [2.45, 2.75) is 60.0 Å². The van der Waals surface area contributed by atoms with Gasteiger partial charge in [-0.1, -0.05) is 29.3 Å². The predicted octanol–water partition coefficient (Wildman–Crippen LogP) is 9.63. The summed E-state index contributed by atoms with van der Waals surface area (Å²) in [6, 6.07) is 17.2. The lowest BCUT2D eigenvalue weighted by molar-refractivity contribution is 0.0946. The number of carbonyl (C=O) groups excluding carboxylic acids is 2. The van der Waals surface area contributed by atoms with Gasteiger partial charge in [0.15, 0.2) is 0 Å². The van der Waals surface area contributed by atoms with Gasteiger partial charge in [0.2, 0.25) is 0 Å². The highest BCUT2D eigenvalue weighted by Gasteiger charge is 2.37. The summed E-state index contributed by atoms with van der Waals surface area (Å²) in [5.41, 5.74) is 11.3. The molecule has 10 nitrogen and oxygen atoms in total. The largest absolute Gasteiger partial charge is 0.494 e. The molecule has 0 saturated carbocycles. The third kappa shape index (κ3) is 6.74. The average molecular weight is 803 g/mol. The second kappa shape index (κ2) is 15.1. The molecule has 4 aromatic heterocycles. The number of aryl methyl sites for hydroxylation is 6. The zero-order chi connectivity index (χ0) is 40.3. The van der Waals surface area contributed by atoms with Crippen LogP contribution in [0, 0.1) is 27.7 Å². The molecule has 0 saturated heterocycles. The molecule has 0 bridgehead atoms. The van der Waals surface area contributed by atoms with E-state index in [1.165, 1.54) is 0 Å². The number of hydrogen-bond acceptors (Lipinski definition) is 5. The first-order chi connectivity index (χ1) is 27.3. The van der Waals surface area contributed by atoms with Crippen molar-refractivity contribution in [1.29, 1.82) is 0 Å². The fourth-order valence-electron chi connectivity index (χ4n) is 8.45. The van der Waals surface area contributed by atoms with Crippen LogP contribution >= 0.6 is 23.2 Å². The van der Waals surface area contributed by atoms with E-state index in [1.54, 1.807) is 12.4 Å². The number of rotatable bonds is 10. The highest BCUT2D eigenvalue weighted by atomic mass is 35.5. The Morgan fingerprint density at radius 1 is 0.947 bits per heavy atom. The number of nitrogens with zero attached hydrogens (tertiary/aromatic N) is 6. The second-order valence-corrected chi connectivity index (χ2v) is 16.0. The van der Waals surface area contributed by atoms with E-state index in [2.05, 4.69) is 27.9 Å². The Morgan fingerprint density at radius 3 is 2.39 bits per heavy atom. The van der Waals surface area contributed by atoms with Crippen LogP contribution in [0.2, 0.25) is 10.0 Å². The van der Waals surface area contributed by atoms with Gasteiger partial charge in [0, 0.05) is 95.5 Å². The molecule has 3 aromatic carbocycles. The molecule has 57 heavy (non-hydrogen) atoms. The van der Waals surface area contributed by atoms with Crippen LogP contribution in [0.4, 0.5) is 5.69 Å². The minimum atomic E-state index is -0.194. The minimum absolute atomic E-state index is 0.106. The molecule has 0 aliphatic carbocycles. The Labute approximate surface area is 342 Å². The fourth-order valence-corrected chi connectivity index (χ4v) is 8.81. The van der Waals surface area contributed by atoms with E-state index < -0.39 is 0 Å². The van der Waals surface area contributed by atoms with Crippen molar-refractivity contribution in [3.05, 3.63) is 128 Å². The lowest BCUT2D eigenvalue weighted by Gasteiger charge is -2.34. The Morgan fingerprint density at radius 2 is 1.68 bits per heavy atom. The lowest BCUT2D eigenvalue weighted by atomic mass is 9.98. The molecular weight excluding hydrogens is 757 g/mol. The summed E-state index contributed by atoms with van der Waals surface area (Å²) in [7, 11) is 3.90. The molecule has 7 aromatic rings. The second-order valence-electron chi connectivity index (χ2n) is 15.2. The molecule has 1 aliphatic heterocycles. The molecule has 0 spiro atoms. The number of halogens is 2. The maximum Gasteiger partial charge on any atom is 0.275 e. The van der Waals surface area contributed by atoms with E-state index in [0.29, 0.717) is 48.8 Å². The van der Waals surface area contributed by atoms with Gasteiger partial charge in [0.05, 0.1) is 28.5 Å². The Kier molecular flexibility index (Phi) is 10.1. The summed E-state index contributed by atoms with van der Waals surface area (Å²) in [4.78, 5) is 34.6. The van der Waals surface area contributed by atoms with Gasteiger partial charge >= 0.3 is 0 Å². The predicted molar refractivity (Wildman–Crippen MR) is 228 cm³/mol. The molecule has 1 N–H and O–H groups in total. The zero-order valence-electron chi connectivity index (χ0n) is 33.2. The van der Waals surface area contributed by atoms with E-state index in [-0.39, 0.29) is 17.9 Å². The van der Waals surface area contributed by atoms with E-state index in [0.717, 1.165) is 83.0 Å². The molecular formula is C45H45Cl2N7O3. The standard InChI is InChI=1S/C45H45Cl2N7O3/c1-25-19-32(20-26(2)41(25)47)57-18-8-9-33-34-11-12-36(46)40(39-28(4)50-52(7)29(39)5)42(34)54-27(3)23-53(45(56)43(33)54)38-24-51(6)37-13-10-31(21-35(37)38)44(55)49-22-30-14-16-48-17-15-30/h10-17,19-21,24,27H,8-9,18,22-23H2,1-7H3,(H,49,55)/t27-/m1/s1. The molecule has 12 heteroatoms. The smallest absolute Gasteiger partial charge is 0.275 e. The molecule has 1 atom stereocenters. The first-order valence-electron chi connectivity index (χ1n) is 19.2. The first kappa shape index (κ1) is 38.3. The van der Waals surface area contributed by atoms with Gasteiger partial charge in [-0.3, -0.25) is 19.3 Å². The number of fused-ring (bicyclic) bond motifs is 4. The van der Waals surface area contributed by atoms with E-state index in [4.69, 9.17) is 33.0 Å². The summed E-state index contributed by atoms with van der Waals surface area (Å²) in [5, 5.41) is 10.9. The third-order valence-electron chi connectivity index (χ3n) is 11.3. The molecule has 0 unspecified atom stereocenters. The van der Waals surface area contributed by atoms with E-state index >= 15 is 4.79 Å². The summed E-state index contributed by atoms with van der Waals surface area (Å²) >= 11 is 13.6. The number of benzene rings is 3. The number of nitrogens with one attached hydrogen (secondary N) is 1. The van der Waals surface area contributed by atoms with Gasteiger partial charge in [0.25, 0.3) is 11.8 Å². The quantitative estimate of drug-likeness (QED) is 0.139. The summed E-state index contributed by atoms with van der Waals surface area (Å²) in [6.45, 7) is 11.4. The van der Waals surface area contributed by atoms with Crippen molar-refractivity contribution in [1.82, 2.24) is 29.2 Å². The van der Waals surface area contributed by atoms with Crippen LogP contribution in [0.5, 0.6) is 5.75 Å². The van der Waals surface area contributed by atoms with Crippen LogP contribution in [0.1, 0.15) is 73.9 Å². The van der Waals surface area contributed by atoms with Gasteiger partial charge in [-0.2, -0.15) is 5.10 Å². The van der Waals surface area contributed by atoms with Crippen LogP contribution < -0.4 is 15.0 Å². The van der Waals surface area contributed by atoms with Crippen LogP contribution in [0.25, 0.3) is 32.9 Å². The minimum Gasteiger partial charge on any atom is -0.494 e. The van der Waals surface area contributed by atoms with Crippen LogP contribution in [0.3, 0.4) is 0 Å². The van der Waals surface area contributed by atoms with Crippen LogP contribution in [-0.2, 0) is 27.1 Å². The zero-order valence-corrected chi connectivity index (χ0v) is 34.7. The van der Waals surface area contributed by atoms with Crippen molar-refractivity contribution in [3.8, 4) is 16.9 Å².